The molecular formula is C20H28O4. The zero-order chi connectivity index (χ0) is 17.3. The van der Waals surface area contributed by atoms with E-state index >= 15 is 0 Å². The molecule has 0 aliphatic heterocycles. The molecule has 3 fully saturated rings. The molecule has 0 amide bonds. The molecule has 0 aromatic rings. The Kier molecular flexibility index (Phi) is 3.51. The molecule has 5 unspecified atom stereocenters. The summed E-state index contributed by atoms with van der Waals surface area (Å²) in [7, 11) is 0. The minimum absolute atomic E-state index is 0.0237. The minimum Gasteiger partial charge on any atom is -0.481 e. The molecule has 0 heterocycles. The van der Waals surface area contributed by atoms with Gasteiger partial charge in [0.1, 0.15) is 5.78 Å². The van der Waals surface area contributed by atoms with Crippen LogP contribution in [0.2, 0.25) is 0 Å². The average molecular weight is 332 g/mol. The predicted octanol–water partition coefficient (Wildman–Crippen LogP) is 3.19. The Morgan fingerprint density at radius 1 is 1.21 bits per heavy atom. The predicted molar refractivity (Wildman–Crippen MR) is 89.2 cm³/mol. The van der Waals surface area contributed by atoms with Gasteiger partial charge >= 0.3 is 5.97 Å². The van der Waals surface area contributed by atoms with E-state index in [2.05, 4.69) is 13.8 Å². The van der Waals surface area contributed by atoms with Crippen LogP contribution in [-0.2, 0) is 9.59 Å². The molecule has 0 aromatic carbocycles. The molecule has 0 radical (unpaired) electrons. The van der Waals surface area contributed by atoms with Crippen LogP contribution >= 0.6 is 0 Å². The normalized spacial score (nSPS) is 50.5. The van der Waals surface area contributed by atoms with Gasteiger partial charge in [-0.05, 0) is 61.2 Å². The number of aliphatic hydroxyl groups is 1. The maximum atomic E-state index is 13.2. The Labute approximate surface area is 143 Å². The molecule has 4 rings (SSSR count). The monoisotopic (exact) mass is 332 g/mol. The average Bonchev–Trinajstić information content (AvgIpc) is 2.84. The van der Waals surface area contributed by atoms with Crippen molar-refractivity contribution in [2.45, 2.75) is 64.9 Å². The Balaban J connectivity index is 1.73. The fourth-order valence-corrected chi connectivity index (χ4v) is 6.94. The van der Waals surface area contributed by atoms with Crippen LogP contribution < -0.4 is 0 Å². The van der Waals surface area contributed by atoms with Gasteiger partial charge < -0.3 is 10.2 Å². The third-order valence-electron chi connectivity index (χ3n) is 8.07. The Hall–Kier alpha value is -1.16. The van der Waals surface area contributed by atoms with E-state index in [9.17, 15) is 19.8 Å². The van der Waals surface area contributed by atoms with E-state index in [1.165, 1.54) is 5.57 Å². The molecule has 132 valence electrons. The summed E-state index contributed by atoms with van der Waals surface area (Å²) in [6.45, 7) is 4.27. The lowest BCUT2D eigenvalue weighted by molar-refractivity contribution is -0.154. The minimum atomic E-state index is -0.727. The summed E-state index contributed by atoms with van der Waals surface area (Å²) in [5.74, 6) is -0.128. The first kappa shape index (κ1) is 16.3. The fourth-order valence-electron chi connectivity index (χ4n) is 6.94. The summed E-state index contributed by atoms with van der Waals surface area (Å²) >= 11 is 0. The number of carbonyl (C=O) groups is 2. The van der Waals surface area contributed by atoms with E-state index in [-0.39, 0.29) is 34.6 Å². The van der Waals surface area contributed by atoms with Crippen LogP contribution in [0.1, 0.15) is 58.8 Å². The first-order valence-electron chi connectivity index (χ1n) is 9.42. The Bertz CT molecular complexity index is 623. The standard InChI is InChI=1S/C20H28O4/c1-19-8-7-12(21)9-11(19)3-4-13-14-5-6-15(18(23)24)20(14,2)10-16(22)17(13)19/h9,12-15,17,21H,3-8,10H2,1-2H3,(H,23,24)/t12?,13?,14?,15?,17?,19-,20-/m0/s1. The van der Waals surface area contributed by atoms with E-state index in [1.807, 2.05) is 6.08 Å². The third kappa shape index (κ3) is 2.01. The van der Waals surface area contributed by atoms with Crippen molar-refractivity contribution in [2.24, 2.45) is 34.5 Å². The fraction of sp³-hybridized carbons (Fsp3) is 0.800. The van der Waals surface area contributed by atoms with Crippen molar-refractivity contribution in [1.29, 1.82) is 0 Å². The first-order chi connectivity index (χ1) is 11.3. The van der Waals surface area contributed by atoms with Crippen LogP contribution in [-0.4, -0.2) is 28.1 Å². The topological polar surface area (TPSA) is 74.6 Å². The van der Waals surface area contributed by atoms with Crippen LogP contribution in [0.4, 0.5) is 0 Å². The highest BCUT2D eigenvalue weighted by Gasteiger charge is 2.63. The Morgan fingerprint density at radius 3 is 2.67 bits per heavy atom. The maximum absolute atomic E-state index is 13.2. The van der Waals surface area contributed by atoms with E-state index in [1.54, 1.807) is 0 Å². The van der Waals surface area contributed by atoms with Crippen molar-refractivity contribution < 1.29 is 19.8 Å². The van der Waals surface area contributed by atoms with Crippen molar-refractivity contribution in [2.75, 3.05) is 0 Å². The molecule has 0 bridgehead atoms. The van der Waals surface area contributed by atoms with Gasteiger partial charge in [-0.2, -0.15) is 0 Å². The number of aliphatic hydroxyl groups excluding tert-OH is 1. The number of hydrogen-bond donors (Lipinski definition) is 2. The quantitative estimate of drug-likeness (QED) is 0.723. The molecule has 4 aliphatic carbocycles. The molecule has 0 saturated heterocycles. The highest BCUT2D eigenvalue weighted by molar-refractivity contribution is 5.86. The van der Waals surface area contributed by atoms with E-state index < -0.39 is 5.97 Å². The molecular weight excluding hydrogens is 304 g/mol. The van der Waals surface area contributed by atoms with Crippen LogP contribution in [0.5, 0.6) is 0 Å². The molecule has 0 spiro atoms. The second-order valence-electron chi connectivity index (χ2n) is 9.12. The first-order valence-corrected chi connectivity index (χ1v) is 9.42. The lowest BCUT2D eigenvalue weighted by Crippen LogP contribution is -2.55. The largest absolute Gasteiger partial charge is 0.481 e. The van der Waals surface area contributed by atoms with Gasteiger partial charge in [0.25, 0.3) is 0 Å². The number of Topliss-reactive ketones (excluding diaryl/α,β-unsaturated/α-hetero) is 1. The van der Waals surface area contributed by atoms with Crippen molar-refractivity contribution in [3.8, 4) is 0 Å². The van der Waals surface area contributed by atoms with Gasteiger partial charge in [0, 0.05) is 12.3 Å². The van der Waals surface area contributed by atoms with Crippen LogP contribution in [0.25, 0.3) is 0 Å². The SMILES string of the molecule is C[C@]12CC(=O)C3C(CCC4=CC(O)CC[C@@]43C)C1CCC2C(=O)O. The smallest absolute Gasteiger partial charge is 0.307 e. The lowest BCUT2D eigenvalue weighted by Gasteiger charge is -2.57. The second kappa shape index (κ2) is 5.17. The number of allylic oxidation sites excluding steroid dienone is 1. The van der Waals surface area contributed by atoms with Crippen LogP contribution in [0, 0.1) is 34.5 Å². The van der Waals surface area contributed by atoms with Crippen molar-refractivity contribution >= 4 is 11.8 Å². The second-order valence-corrected chi connectivity index (χ2v) is 9.12. The molecule has 24 heavy (non-hydrogen) atoms. The maximum Gasteiger partial charge on any atom is 0.307 e. The van der Waals surface area contributed by atoms with Crippen molar-refractivity contribution in [3.63, 3.8) is 0 Å². The lowest BCUT2D eigenvalue weighted by atomic mass is 9.46. The number of aliphatic carboxylic acids is 1. The van der Waals surface area contributed by atoms with E-state index in [0.29, 0.717) is 24.7 Å². The van der Waals surface area contributed by atoms with Gasteiger partial charge in [-0.1, -0.05) is 25.5 Å². The number of carbonyl (C=O) groups excluding carboxylic acids is 1. The molecule has 4 aliphatic rings. The number of ketones is 1. The molecule has 4 nitrogen and oxygen atoms in total. The van der Waals surface area contributed by atoms with Gasteiger partial charge in [-0.25, -0.2) is 0 Å². The highest BCUT2D eigenvalue weighted by Crippen LogP contribution is 2.65. The van der Waals surface area contributed by atoms with Crippen molar-refractivity contribution in [3.05, 3.63) is 11.6 Å². The van der Waals surface area contributed by atoms with Gasteiger partial charge in [0.05, 0.1) is 12.0 Å². The Morgan fingerprint density at radius 2 is 1.96 bits per heavy atom. The molecule has 0 aromatic heterocycles. The highest BCUT2D eigenvalue weighted by atomic mass is 16.4. The number of rotatable bonds is 1. The summed E-state index contributed by atoms with van der Waals surface area (Å²) < 4.78 is 0. The summed E-state index contributed by atoms with van der Waals surface area (Å²) in [6, 6.07) is 0. The summed E-state index contributed by atoms with van der Waals surface area (Å²) in [5, 5.41) is 19.6. The molecule has 4 heteroatoms. The molecule has 2 N–H and O–H groups in total. The molecule has 7 atom stereocenters. The number of hydrogen-bond acceptors (Lipinski definition) is 3. The third-order valence-corrected chi connectivity index (χ3v) is 8.07. The van der Waals surface area contributed by atoms with Crippen molar-refractivity contribution in [1.82, 2.24) is 0 Å². The zero-order valence-electron chi connectivity index (χ0n) is 14.6. The number of carboxylic acids is 1. The van der Waals surface area contributed by atoms with Gasteiger partial charge in [0.15, 0.2) is 0 Å². The van der Waals surface area contributed by atoms with Gasteiger partial charge in [-0.15, -0.1) is 0 Å². The van der Waals surface area contributed by atoms with Gasteiger partial charge in [0.2, 0.25) is 0 Å². The molecule has 3 saturated carbocycles. The zero-order valence-corrected chi connectivity index (χ0v) is 14.6. The van der Waals surface area contributed by atoms with Gasteiger partial charge in [-0.3, -0.25) is 9.59 Å². The summed E-state index contributed by atoms with van der Waals surface area (Å²) in [4.78, 5) is 24.9. The summed E-state index contributed by atoms with van der Waals surface area (Å²) in [5.41, 5.74) is 0.782. The number of carboxylic acid groups (broad SMARTS) is 1. The van der Waals surface area contributed by atoms with E-state index in [4.69, 9.17) is 0 Å². The van der Waals surface area contributed by atoms with Crippen LogP contribution in [0.3, 0.4) is 0 Å². The van der Waals surface area contributed by atoms with E-state index in [0.717, 1.165) is 32.1 Å². The summed E-state index contributed by atoms with van der Waals surface area (Å²) in [6.07, 6.45) is 7.23. The van der Waals surface area contributed by atoms with Crippen LogP contribution in [0.15, 0.2) is 11.6 Å². The number of fused-ring (bicyclic) bond motifs is 5.